The predicted octanol–water partition coefficient (Wildman–Crippen LogP) is 4.08. The molecule has 0 aromatic carbocycles. The molecule has 0 radical (unpaired) electrons. The van der Waals surface area contributed by atoms with Gasteiger partial charge in [-0.25, -0.2) is 4.98 Å². The van der Waals surface area contributed by atoms with Crippen molar-refractivity contribution in [3.8, 4) is 9.88 Å². The zero-order chi connectivity index (χ0) is 16.4. The molecule has 3 heterocycles. The van der Waals surface area contributed by atoms with Crippen LogP contribution in [0.25, 0.3) is 9.88 Å². The maximum atomic E-state index is 10.7. The van der Waals surface area contributed by atoms with Crippen molar-refractivity contribution in [3.05, 3.63) is 51.7 Å². The summed E-state index contributed by atoms with van der Waals surface area (Å²) in [6.07, 6.45) is 1.90. The van der Waals surface area contributed by atoms with E-state index in [4.69, 9.17) is 4.42 Å². The summed E-state index contributed by atoms with van der Waals surface area (Å²) in [5.74, 6) is 1.59. The van der Waals surface area contributed by atoms with Gasteiger partial charge in [-0.15, -0.1) is 22.7 Å². The van der Waals surface area contributed by atoms with Crippen LogP contribution < -0.4 is 5.32 Å². The van der Waals surface area contributed by atoms with Gasteiger partial charge in [0.1, 0.15) is 22.1 Å². The molecular formula is C17H20N2O2S2. The lowest BCUT2D eigenvalue weighted by atomic mass is 9.96. The first-order valence-electron chi connectivity index (χ1n) is 7.45. The minimum absolute atomic E-state index is 0.457. The summed E-state index contributed by atoms with van der Waals surface area (Å²) in [6.45, 7) is 6.73. The first-order valence-corrected chi connectivity index (χ1v) is 9.14. The van der Waals surface area contributed by atoms with Crippen LogP contribution in [0.1, 0.15) is 28.9 Å². The van der Waals surface area contributed by atoms with Crippen molar-refractivity contribution < 1.29 is 9.52 Å². The highest BCUT2D eigenvalue weighted by Crippen LogP contribution is 2.29. The van der Waals surface area contributed by atoms with Gasteiger partial charge in [-0.05, 0) is 38.3 Å². The summed E-state index contributed by atoms with van der Waals surface area (Å²) >= 11 is 3.38. The number of hydrogen-bond acceptors (Lipinski definition) is 6. The first kappa shape index (κ1) is 16.4. The Labute approximate surface area is 143 Å². The highest BCUT2D eigenvalue weighted by atomic mass is 32.1. The molecule has 122 valence electrons. The van der Waals surface area contributed by atoms with E-state index in [1.165, 1.54) is 4.88 Å². The normalized spacial score (nSPS) is 14.1. The first-order chi connectivity index (χ1) is 11.0. The van der Waals surface area contributed by atoms with E-state index in [2.05, 4.69) is 21.7 Å². The van der Waals surface area contributed by atoms with Crippen molar-refractivity contribution in [2.75, 3.05) is 6.54 Å². The molecule has 0 fully saturated rings. The Morgan fingerprint density at radius 2 is 2.22 bits per heavy atom. The Morgan fingerprint density at radius 3 is 2.87 bits per heavy atom. The molecule has 4 nitrogen and oxygen atoms in total. The van der Waals surface area contributed by atoms with Gasteiger partial charge in [0, 0.05) is 29.7 Å². The van der Waals surface area contributed by atoms with Gasteiger partial charge in [0.15, 0.2) is 0 Å². The number of aryl methyl sites for hydroxylation is 2. The predicted molar refractivity (Wildman–Crippen MR) is 94.9 cm³/mol. The lowest BCUT2D eigenvalue weighted by molar-refractivity contribution is 0.0552. The Hall–Kier alpha value is -1.47. The molecule has 1 atom stereocenters. The molecule has 0 saturated carbocycles. The molecule has 0 amide bonds. The van der Waals surface area contributed by atoms with Gasteiger partial charge in [-0.1, -0.05) is 6.07 Å². The molecule has 3 rings (SSSR count). The van der Waals surface area contributed by atoms with E-state index >= 15 is 0 Å². The maximum Gasteiger partial charge on any atom is 0.133 e. The molecule has 3 aromatic rings. The third kappa shape index (κ3) is 3.72. The number of aromatic nitrogens is 1. The number of thiophene rings is 1. The fourth-order valence-corrected chi connectivity index (χ4v) is 4.28. The lowest BCUT2D eigenvalue weighted by Gasteiger charge is -2.23. The van der Waals surface area contributed by atoms with Crippen LogP contribution in [-0.4, -0.2) is 16.6 Å². The summed E-state index contributed by atoms with van der Waals surface area (Å²) in [5.41, 5.74) is -0.116. The van der Waals surface area contributed by atoms with Crippen LogP contribution >= 0.6 is 22.7 Å². The number of furan rings is 1. The number of rotatable bonds is 6. The van der Waals surface area contributed by atoms with E-state index in [0.717, 1.165) is 27.0 Å². The molecule has 3 aromatic heterocycles. The highest BCUT2D eigenvalue weighted by molar-refractivity contribution is 7.20. The van der Waals surface area contributed by atoms with Crippen molar-refractivity contribution in [1.82, 2.24) is 10.3 Å². The molecule has 0 spiro atoms. The van der Waals surface area contributed by atoms with Crippen LogP contribution in [0.15, 0.2) is 34.2 Å². The van der Waals surface area contributed by atoms with Crippen LogP contribution in [0.5, 0.6) is 0 Å². The van der Waals surface area contributed by atoms with Crippen molar-refractivity contribution in [2.24, 2.45) is 0 Å². The number of aliphatic hydroxyl groups is 1. The van der Waals surface area contributed by atoms with Gasteiger partial charge >= 0.3 is 0 Å². The summed E-state index contributed by atoms with van der Waals surface area (Å²) in [5, 5.41) is 17.1. The molecule has 2 N–H and O–H groups in total. The minimum Gasteiger partial charge on any atom is -0.466 e. The molecule has 0 aliphatic heterocycles. The van der Waals surface area contributed by atoms with Crippen molar-refractivity contribution in [2.45, 2.75) is 32.9 Å². The average molecular weight is 348 g/mol. The summed E-state index contributed by atoms with van der Waals surface area (Å²) in [4.78, 5) is 6.81. The molecule has 0 bridgehead atoms. The van der Waals surface area contributed by atoms with Crippen LogP contribution in [0.2, 0.25) is 0 Å². The summed E-state index contributed by atoms with van der Waals surface area (Å²) in [7, 11) is 0. The van der Waals surface area contributed by atoms with Gasteiger partial charge in [0.25, 0.3) is 0 Å². The Kier molecular flexibility index (Phi) is 4.68. The SMILES string of the molecule is Cc1cc(C(C)(O)CNCc2cnc(-c3cccs3)s2)c(C)o1. The van der Waals surface area contributed by atoms with E-state index < -0.39 is 5.60 Å². The Morgan fingerprint density at radius 1 is 1.39 bits per heavy atom. The van der Waals surface area contributed by atoms with E-state index in [0.29, 0.717) is 13.1 Å². The Balaban J connectivity index is 1.60. The average Bonchev–Trinajstić information content (AvgIpc) is 3.19. The Bertz CT molecular complexity index is 772. The monoisotopic (exact) mass is 348 g/mol. The second kappa shape index (κ2) is 6.57. The molecule has 0 aliphatic carbocycles. The van der Waals surface area contributed by atoms with Gasteiger partial charge in [-0.3, -0.25) is 0 Å². The highest BCUT2D eigenvalue weighted by Gasteiger charge is 2.27. The van der Waals surface area contributed by atoms with Gasteiger partial charge in [0.05, 0.1) is 4.88 Å². The largest absolute Gasteiger partial charge is 0.466 e. The van der Waals surface area contributed by atoms with Gasteiger partial charge in [0.2, 0.25) is 0 Å². The summed E-state index contributed by atoms with van der Waals surface area (Å²) < 4.78 is 5.52. The molecular weight excluding hydrogens is 328 g/mol. The fraction of sp³-hybridized carbons (Fsp3) is 0.353. The number of thiazole rings is 1. The second-order valence-corrected chi connectivity index (χ2v) is 7.88. The van der Waals surface area contributed by atoms with E-state index in [-0.39, 0.29) is 0 Å². The zero-order valence-electron chi connectivity index (χ0n) is 13.4. The fourth-order valence-electron chi connectivity index (χ4n) is 2.59. The standard InChI is InChI=1S/C17H20N2O2S2/c1-11-7-14(12(2)21-11)17(3,20)10-18-8-13-9-19-16(23-13)15-5-4-6-22-15/h4-7,9,18,20H,8,10H2,1-3H3. The third-order valence-corrected chi connectivity index (χ3v) is 5.71. The number of nitrogens with one attached hydrogen (secondary N) is 1. The lowest BCUT2D eigenvalue weighted by Crippen LogP contribution is -2.35. The molecule has 23 heavy (non-hydrogen) atoms. The van der Waals surface area contributed by atoms with E-state index in [1.807, 2.05) is 32.2 Å². The minimum atomic E-state index is -0.955. The van der Waals surface area contributed by atoms with Crippen molar-refractivity contribution in [3.63, 3.8) is 0 Å². The molecule has 6 heteroatoms. The van der Waals surface area contributed by atoms with Gasteiger partial charge < -0.3 is 14.8 Å². The van der Waals surface area contributed by atoms with Gasteiger partial charge in [-0.2, -0.15) is 0 Å². The van der Waals surface area contributed by atoms with Crippen LogP contribution in [0, 0.1) is 13.8 Å². The third-order valence-electron chi connectivity index (χ3n) is 3.68. The molecule has 0 aliphatic rings. The van der Waals surface area contributed by atoms with Crippen molar-refractivity contribution >= 4 is 22.7 Å². The van der Waals surface area contributed by atoms with E-state index in [9.17, 15) is 5.11 Å². The quantitative estimate of drug-likeness (QED) is 0.705. The van der Waals surface area contributed by atoms with Crippen molar-refractivity contribution in [1.29, 1.82) is 0 Å². The van der Waals surface area contributed by atoms with Crippen LogP contribution in [0.4, 0.5) is 0 Å². The summed E-state index contributed by atoms with van der Waals surface area (Å²) in [6, 6.07) is 6.01. The number of hydrogen-bond donors (Lipinski definition) is 2. The zero-order valence-corrected chi connectivity index (χ0v) is 15.1. The molecule has 0 saturated heterocycles. The topological polar surface area (TPSA) is 58.3 Å². The maximum absolute atomic E-state index is 10.7. The van der Waals surface area contributed by atoms with Crippen LogP contribution in [0.3, 0.4) is 0 Å². The second-order valence-electron chi connectivity index (χ2n) is 5.81. The molecule has 1 unspecified atom stereocenters. The van der Waals surface area contributed by atoms with E-state index in [1.54, 1.807) is 29.6 Å². The smallest absolute Gasteiger partial charge is 0.133 e. The number of nitrogens with zero attached hydrogens (tertiary/aromatic N) is 1. The van der Waals surface area contributed by atoms with Crippen LogP contribution in [-0.2, 0) is 12.1 Å².